The monoisotopic (exact) mass is 280 g/mol. The van der Waals surface area contributed by atoms with Crippen molar-refractivity contribution >= 4 is 11.9 Å². The highest BCUT2D eigenvalue weighted by atomic mass is 16.5. The fraction of sp³-hybridized carbons (Fsp3) is 0.429. The first-order valence-corrected chi connectivity index (χ1v) is 6.42. The number of amides is 3. The van der Waals surface area contributed by atoms with Gasteiger partial charge in [0.2, 0.25) is 5.91 Å². The predicted molar refractivity (Wildman–Crippen MR) is 74.5 cm³/mol. The van der Waals surface area contributed by atoms with E-state index in [-0.39, 0.29) is 12.3 Å². The highest BCUT2D eigenvalue weighted by Gasteiger charge is 2.04. The summed E-state index contributed by atoms with van der Waals surface area (Å²) < 4.78 is 10.5. The van der Waals surface area contributed by atoms with Gasteiger partial charge in [-0.05, 0) is 24.1 Å². The Morgan fingerprint density at radius 2 is 1.90 bits per heavy atom. The molecule has 0 radical (unpaired) electrons. The topological polar surface area (TPSA) is 90.7 Å². The SMILES string of the molecule is COCCCOc1ccc(CCC(=O)NC(N)=O)cc1. The zero-order chi connectivity index (χ0) is 14.8. The highest BCUT2D eigenvalue weighted by Crippen LogP contribution is 2.13. The van der Waals surface area contributed by atoms with Crippen molar-refractivity contribution in [3.8, 4) is 5.75 Å². The largest absolute Gasteiger partial charge is 0.494 e. The smallest absolute Gasteiger partial charge is 0.318 e. The van der Waals surface area contributed by atoms with Crippen LogP contribution in [0.2, 0.25) is 0 Å². The summed E-state index contributed by atoms with van der Waals surface area (Å²) in [6, 6.07) is 6.67. The summed E-state index contributed by atoms with van der Waals surface area (Å²) in [5.74, 6) is 0.406. The van der Waals surface area contributed by atoms with E-state index >= 15 is 0 Å². The molecule has 0 unspecified atom stereocenters. The average Bonchev–Trinajstić information content (AvgIpc) is 2.42. The Balaban J connectivity index is 2.31. The number of methoxy groups -OCH3 is 1. The third-order valence-corrected chi connectivity index (χ3v) is 2.59. The number of nitrogens with one attached hydrogen (secondary N) is 1. The van der Waals surface area contributed by atoms with E-state index in [1.807, 2.05) is 29.6 Å². The van der Waals surface area contributed by atoms with Gasteiger partial charge >= 0.3 is 6.03 Å². The summed E-state index contributed by atoms with van der Waals surface area (Å²) in [7, 11) is 1.66. The zero-order valence-electron chi connectivity index (χ0n) is 11.6. The quantitative estimate of drug-likeness (QED) is 0.701. The van der Waals surface area contributed by atoms with Crippen molar-refractivity contribution in [1.82, 2.24) is 5.32 Å². The third-order valence-electron chi connectivity index (χ3n) is 2.59. The first kappa shape index (κ1) is 16.0. The molecular weight excluding hydrogens is 260 g/mol. The molecule has 20 heavy (non-hydrogen) atoms. The Hall–Kier alpha value is -2.08. The number of primary amides is 1. The Bertz CT molecular complexity index is 431. The molecule has 0 heterocycles. The number of rotatable bonds is 8. The molecule has 0 atom stereocenters. The number of hydrogen-bond acceptors (Lipinski definition) is 4. The summed E-state index contributed by atoms with van der Waals surface area (Å²) in [4.78, 5) is 21.7. The summed E-state index contributed by atoms with van der Waals surface area (Å²) in [6.45, 7) is 1.28. The van der Waals surface area contributed by atoms with Crippen molar-refractivity contribution < 1.29 is 19.1 Å². The van der Waals surface area contributed by atoms with E-state index in [1.165, 1.54) is 0 Å². The average molecular weight is 280 g/mol. The normalized spacial score (nSPS) is 10.1. The lowest BCUT2D eigenvalue weighted by Gasteiger charge is -2.07. The number of carbonyl (C=O) groups excluding carboxylic acids is 2. The molecule has 110 valence electrons. The van der Waals surface area contributed by atoms with E-state index in [2.05, 4.69) is 0 Å². The van der Waals surface area contributed by atoms with Gasteiger partial charge in [-0.15, -0.1) is 0 Å². The molecule has 0 aromatic heterocycles. The van der Waals surface area contributed by atoms with Crippen LogP contribution in [0.25, 0.3) is 0 Å². The van der Waals surface area contributed by atoms with Crippen molar-refractivity contribution in [2.24, 2.45) is 5.73 Å². The second kappa shape index (κ2) is 8.92. The van der Waals surface area contributed by atoms with Gasteiger partial charge < -0.3 is 15.2 Å². The van der Waals surface area contributed by atoms with Crippen LogP contribution in [0.5, 0.6) is 5.75 Å². The van der Waals surface area contributed by atoms with Crippen molar-refractivity contribution in [2.75, 3.05) is 20.3 Å². The van der Waals surface area contributed by atoms with Crippen LogP contribution in [0.4, 0.5) is 4.79 Å². The van der Waals surface area contributed by atoms with Gasteiger partial charge in [0.05, 0.1) is 6.61 Å². The Labute approximate surface area is 118 Å². The summed E-state index contributed by atoms with van der Waals surface area (Å²) in [6.07, 6.45) is 1.60. The van der Waals surface area contributed by atoms with E-state index in [1.54, 1.807) is 7.11 Å². The van der Waals surface area contributed by atoms with Crippen LogP contribution in [0.1, 0.15) is 18.4 Å². The van der Waals surface area contributed by atoms with Gasteiger partial charge in [-0.25, -0.2) is 4.79 Å². The molecule has 1 rings (SSSR count). The fourth-order valence-electron chi connectivity index (χ4n) is 1.60. The van der Waals surface area contributed by atoms with Crippen LogP contribution >= 0.6 is 0 Å². The van der Waals surface area contributed by atoms with Crippen molar-refractivity contribution in [3.63, 3.8) is 0 Å². The van der Waals surface area contributed by atoms with Gasteiger partial charge in [-0.3, -0.25) is 10.1 Å². The molecule has 0 spiro atoms. The fourth-order valence-corrected chi connectivity index (χ4v) is 1.60. The van der Waals surface area contributed by atoms with Crippen LogP contribution in [-0.4, -0.2) is 32.3 Å². The summed E-state index contributed by atoms with van der Waals surface area (Å²) in [5.41, 5.74) is 5.85. The van der Waals surface area contributed by atoms with Gasteiger partial charge in [0.1, 0.15) is 5.75 Å². The molecule has 1 aromatic carbocycles. The van der Waals surface area contributed by atoms with Crippen molar-refractivity contribution in [1.29, 1.82) is 0 Å². The molecule has 0 aliphatic heterocycles. The minimum absolute atomic E-state index is 0.219. The molecule has 0 aliphatic rings. The Morgan fingerprint density at radius 1 is 1.20 bits per heavy atom. The van der Waals surface area contributed by atoms with E-state index in [4.69, 9.17) is 15.2 Å². The van der Waals surface area contributed by atoms with E-state index in [9.17, 15) is 9.59 Å². The number of imide groups is 1. The highest BCUT2D eigenvalue weighted by molar-refractivity contribution is 5.93. The standard InChI is InChI=1S/C14H20N2O4/c1-19-9-2-10-20-12-6-3-11(4-7-12)5-8-13(17)16-14(15)18/h3-4,6-7H,2,5,8-10H2,1H3,(H3,15,16,17,18). The third kappa shape index (κ3) is 6.75. The molecule has 1 aromatic rings. The first-order valence-electron chi connectivity index (χ1n) is 6.42. The lowest BCUT2D eigenvalue weighted by atomic mass is 10.1. The molecule has 6 nitrogen and oxygen atoms in total. The summed E-state index contributed by atoms with van der Waals surface area (Å²) in [5, 5.41) is 2.03. The number of hydrogen-bond donors (Lipinski definition) is 2. The molecule has 0 aliphatic carbocycles. The minimum atomic E-state index is -0.824. The van der Waals surface area contributed by atoms with Crippen LogP contribution in [0.15, 0.2) is 24.3 Å². The molecule has 0 saturated carbocycles. The van der Waals surface area contributed by atoms with E-state index < -0.39 is 6.03 Å². The number of nitrogens with two attached hydrogens (primary N) is 1. The molecule has 3 N–H and O–H groups in total. The molecule has 3 amide bonds. The number of benzene rings is 1. The van der Waals surface area contributed by atoms with Gasteiger partial charge in [-0.2, -0.15) is 0 Å². The maximum absolute atomic E-state index is 11.2. The first-order chi connectivity index (χ1) is 9.61. The van der Waals surface area contributed by atoms with Crippen LogP contribution in [0.3, 0.4) is 0 Å². The van der Waals surface area contributed by atoms with Gasteiger partial charge in [0.25, 0.3) is 0 Å². The lowest BCUT2D eigenvalue weighted by molar-refractivity contribution is -0.119. The number of carbonyl (C=O) groups is 2. The number of ether oxygens (including phenoxy) is 2. The number of aryl methyl sites for hydroxylation is 1. The Kier molecular flexibility index (Phi) is 7.13. The number of urea groups is 1. The van der Waals surface area contributed by atoms with Crippen LogP contribution in [0, 0.1) is 0 Å². The van der Waals surface area contributed by atoms with Crippen molar-refractivity contribution in [3.05, 3.63) is 29.8 Å². The van der Waals surface area contributed by atoms with Gasteiger partial charge in [0.15, 0.2) is 0 Å². The maximum atomic E-state index is 11.2. The Morgan fingerprint density at radius 3 is 2.50 bits per heavy atom. The maximum Gasteiger partial charge on any atom is 0.318 e. The second-order valence-corrected chi connectivity index (χ2v) is 4.25. The van der Waals surface area contributed by atoms with Crippen LogP contribution < -0.4 is 15.8 Å². The second-order valence-electron chi connectivity index (χ2n) is 4.25. The molecule has 0 saturated heterocycles. The minimum Gasteiger partial charge on any atom is -0.494 e. The van der Waals surface area contributed by atoms with Gasteiger partial charge in [-0.1, -0.05) is 12.1 Å². The predicted octanol–water partition coefficient (Wildman–Crippen LogP) is 1.23. The molecular formula is C14H20N2O4. The zero-order valence-corrected chi connectivity index (χ0v) is 11.6. The summed E-state index contributed by atoms with van der Waals surface area (Å²) >= 11 is 0. The lowest BCUT2D eigenvalue weighted by Crippen LogP contribution is -2.35. The van der Waals surface area contributed by atoms with Gasteiger partial charge in [0, 0.05) is 26.6 Å². The van der Waals surface area contributed by atoms with E-state index in [0.29, 0.717) is 19.6 Å². The van der Waals surface area contributed by atoms with E-state index in [0.717, 1.165) is 17.7 Å². The molecule has 0 fully saturated rings. The van der Waals surface area contributed by atoms with Crippen molar-refractivity contribution in [2.45, 2.75) is 19.3 Å². The van der Waals surface area contributed by atoms with Crippen LogP contribution in [-0.2, 0) is 16.0 Å². The molecule has 6 heteroatoms. The molecule has 0 bridgehead atoms.